The van der Waals surface area contributed by atoms with Gasteiger partial charge in [0.1, 0.15) is 0 Å². The minimum atomic E-state index is -0.989. The van der Waals surface area contributed by atoms with Gasteiger partial charge in [-0.1, -0.05) is 15.9 Å². The Hall–Kier alpha value is -1.41. The number of carboxylic acid groups (broad SMARTS) is 1. The molecule has 4 nitrogen and oxygen atoms in total. The van der Waals surface area contributed by atoms with Gasteiger partial charge >= 0.3 is 5.97 Å². The molecule has 0 unspecified atom stereocenters. The van der Waals surface area contributed by atoms with Crippen molar-refractivity contribution in [2.24, 2.45) is 0 Å². The van der Waals surface area contributed by atoms with Gasteiger partial charge in [-0.15, -0.1) is 0 Å². The fourth-order valence-electron chi connectivity index (χ4n) is 1.79. The van der Waals surface area contributed by atoms with Crippen LogP contribution >= 0.6 is 38.5 Å². The second-order valence-corrected chi connectivity index (χ2v) is 6.42. The van der Waals surface area contributed by atoms with Crippen LogP contribution in [0.2, 0.25) is 0 Å². The van der Waals surface area contributed by atoms with Crippen molar-refractivity contribution in [1.29, 1.82) is 0 Å². The first kappa shape index (κ1) is 16.0. The predicted molar refractivity (Wildman–Crippen MR) is 93.0 cm³/mol. The van der Waals surface area contributed by atoms with Crippen molar-refractivity contribution < 1.29 is 14.7 Å². The topological polar surface area (TPSA) is 57.6 Å². The van der Waals surface area contributed by atoms with E-state index in [1.54, 1.807) is 25.2 Å². The maximum atomic E-state index is 12.5. The van der Waals surface area contributed by atoms with E-state index in [4.69, 9.17) is 5.11 Å². The van der Waals surface area contributed by atoms with Crippen LogP contribution in [0.1, 0.15) is 20.7 Å². The van der Waals surface area contributed by atoms with E-state index in [1.807, 2.05) is 12.1 Å². The first-order valence-corrected chi connectivity index (χ1v) is 7.84. The summed E-state index contributed by atoms with van der Waals surface area (Å²) in [6.45, 7) is 0. The monoisotopic (exact) mass is 459 g/mol. The molecule has 21 heavy (non-hydrogen) atoms. The number of hydrogen-bond acceptors (Lipinski definition) is 2. The summed E-state index contributed by atoms with van der Waals surface area (Å²) in [6, 6.07) is 11.7. The minimum absolute atomic E-state index is 0.149. The number of aromatic carboxylic acids is 1. The molecule has 0 bridgehead atoms. The Kier molecular flexibility index (Phi) is 5.00. The van der Waals surface area contributed by atoms with Gasteiger partial charge in [-0.3, -0.25) is 4.79 Å². The van der Waals surface area contributed by atoms with Crippen LogP contribution in [0, 0.1) is 3.57 Å². The lowest BCUT2D eigenvalue weighted by molar-refractivity contribution is 0.0696. The number of carboxylic acids is 1. The number of rotatable bonds is 3. The van der Waals surface area contributed by atoms with E-state index in [1.165, 1.54) is 17.0 Å². The standard InChI is InChI=1S/C15H11BrINO3/c1-18(11-5-2-9(3-6-11)15(20)21)14(19)12-8-10(16)4-7-13(12)17/h2-8H,1H3,(H,20,21). The van der Waals surface area contributed by atoms with Crippen molar-refractivity contribution in [3.63, 3.8) is 0 Å². The van der Waals surface area contributed by atoms with E-state index in [2.05, 4.69) is 38.5 Å². The van der Waals surface area contributed by atoms with Crippen molar-refractivity contribution in [3.05, 3.63) is 61.6 Å². The zero-order valence-corrected chi connectivity index (χ0v) is 14.8. The fraction of sp³-hybridized carbons (Fsp3) is 0.0667. The van der Waals surface area contributed by atoms with Crippen LogP contribution in [0.4, 0.5) is 5.69 Å². The van der Waals surface area contributed by atoms with Crippen molar-refractivity contribution in [3.8, 4) is 0 Å². The Morgan fingerprint density at radius 2 is 1.76 bits per heavy atom. The molecule has 0 spiro atoms. The van der Waals surface area contributed by atoms with E-state index >= 15 is 0 Å². The number of amides is 1. The molecule has 0 aliphatic carbocycles. The lowest BCUT2D eigenvalue weighted by atomic mass is 10.1. The lowest BCUT2D eigenvalue weighted by Crippen LogP contribution is -2.27. The Morgan fingerprint density at radius 3 is 2.33 bits per heavy atom. The number of hydrogen-bond donors (Lipinski definition) is 1. The summed E-state index contributed by atoms with van der Waals surface area (Å²) in [5.74, 6) is -1.14. The van der Waals surface area contributed by atoms with Crippen LogP contribution in [0.3, 0.4) is 0 Å². The van der Waals surface area contributed by atoms with Gasteiger partial charge in [-0.2, -0.15) is 0 Å². The predicted octanol–water partition coefficient (Wildman–Crippen LogP) is 4.03. The highest BCUT2D eigenvalue weighted by Gasteiger charge is 2.17. The third-order valence-corrected chi connectivity index (χ3v) is 4.40. The van der Waals surface area contributed by atoms with E-state index in [9.17, 15) is 9.59 Å². The molecule has 0 aromatic heterocycles. The SMILES string of the molecule is CN(C(=O)c1cc(Br)ccc1I)c1ccc(C(=O)O)cc1. The van der Waals surface area contributed by atoms with Crippen LogP contribution < -0.4 is 4.90 Å². The molecule has 0 radical (unpaired) electrons. The summed E-state index contributed by atoms with van der Waals surface area (Å²) in [5.41, 5.74) is 1.42. The summed E-state index contributed by atoms with van der Waals surface area (Å²) in [7, 11) is 1.66. The largest absolute Gasteiger partial charge is 0.478 e. The molecule has 1 amide bonds. The minimum Gasteiger partial charge on any atom is -0.478 e. The van der Waals surface area contributed by atoms with Gasteiger partial charge in [0, 0.05) is 20.8 Å². The molecule has 2 aromatic carbocycles. The zero-order chi connectivity index (χ0) is 15.6. The molecule has 0 saturated carbocycles. The zero-order valence-electron chi connectivity index (χ0n) is 11.0. The van der Waals surface area contributed by atoms with Crippen molar-refractivity contribution in [2.75, 3.05) is 11.9 Å². The third kappa shape index (κ3) is 3.62. The average Bonchev–Trinajstić information content (AvgIpc) is 2.48. The Labute approximate surface area is 144 Å². The molecule has 0 aliphatic heterocycles. The van der Waals surface area contributed by atoms with Gasteiger partial charge in [0.25, 0.3) is 5.91 Å². The molecule has 6 heteroatoms. The van der Waals surface area contributed by atoms with Gasteiger partial charge in [0.05, 0.1) is 11.1 Å². The van der Waals surface area contributed by atoms with Crippen molar-refractivity contribution in [2.45, 2.75) is 0 Å². The second kappa shape index (κ2) is 6.57. The summed E-state index contributed by atoms with van der Waals surface area (Å²) in [6.07, 6.45) is 0. The van der Waals surface area contributed by atoms with Crippen LogP contribution in [-0.2, 0) is 0 Å². The number of carbonyl (C=O) groups is 2. The summed E-state index contributed by atoms with van der Waals surface area (Å²) in [4.78, 5) is 24.8. The molecule has 108 valence electrons. The van der Waals surface area contributed by atoms with Crippen molar-refractivity contribution in [1.82, 2.24) is 0 Å². The van der Waals surface area contributed by atoms with Crippen LogP contribution in [0.5, 0.6) is 0 Å². The molecule has 2 aromatic rings. The van der Waals surface area contributed by atoms with E-state index < -0.39 is 5.97 Å². The summed E-state index contributed by atoms with van der Waals surface area (Å²) < 4.78 is 1.69. The second-order valence-electron chi connectivity index (χ2n) is 4.34. The molecular formula is C15H11BrINO3. The number of benzene rings is 2. The number of nitrogens with zero attached hydrogens (tertiary/aromatic N) is 1. The van der Waals surface area contributed by atoms with Crippen LogP contribution in [-0.4, -0.2) is 24.0 Å². The molecule has 0 atom stereocenters. The molecule has 0 saturated heterocycles. The average molecular weight is 460 g/mol. The summed E-state index contributed by atoms with van der Waals surface area (Å²) >= 11 is 5.47. The van der Waals surface area contributed by atoms with Crippen molar-refractivity contribution >= 4 is 56.1 Å². The van der Waals surface area contributed by atoms with E-state index in [0.29, 0.717) is 11.3 Å². The smallest absolute Gasteiger partial charge is 0.335 e. The molecular weight excluding hydrogens is 449 g/mol. The Morgan fingerprint density at radius 1 is 1.14 bits per heavy atom. The van der Waals surface area contributed by atoms with Gasteiger partial charge in [-0.25, -0.2) is 4.79 Å². The molecule has 0 aliphatic rings. The lowest BCUT2D eigenvalue weighted by Gasteiger charge is -2.18. The first-order chi connectivity index (χ1) is 9.90. The highest BCUT2D eigenvalue weighted by molar-refractivity contribution is 14.1. The van der Waals surface area contributed by atoms with Gasteiger partial charge in [0.2, 0.25) is 0 Å². The fourth-order valence-corrected chi connectivity index (χ4v) is 2.71. The van der Waals surface area contributed by atoms with E-state index in [0.717, 1.165) is 8.04 Å². The molecule has 1 N–H and O–H groups in total. The highest BCUT2D eigenvalue weighted by atomic mass is 127. The normalized spacial score (nSPS) is 10.2. The number of halogens is 2. The first-order valence-electron chi connectivity index (χ1n) is 5.96. The van der Waals surface area contributed by atoms with Gasteiger partial charge in [0.15, 0.2) is 0 Å². The maximum Gasteiger partial charge on any atom is 0.335 e. The quantitative estimate of drug-likeness (QED) is 0.705. The molecule has 2 rings (SSSR count). The third-order valence-electron chi connectivity index (χ3n) is 2.97. The Balaban J connectivity index is 2.30. The van der Waals surface area contributed by atoms with Gasteiger partial charge in [-0.05, 0) is 65.1 Å². The Bertz CT molecular complexity index is 701. The van der Waals surface area contributed by atoms with E-state index in [-0.39, 0.29) is 11.5 Å². The molecule has 0 heterocycles. The summed E-state index contributed by atoms with van der Waals surface area (Å²) in [5, 5.41) is 8.88. The van der Waals surface area contributed by atoms with Gasteiger partial charge < -0.3 is 10.0 Å². The highest BCUT2D eigenvalue weighted by Crippen LogP contribution is 2.22. The molecule has 0 fully saturated rings. The number of carbonyl (C=O) groups excluding carboxylic acids is 1. The maximum absolute atomic E-state index is 12.5. The van der Waals surface area contributed by atoms with Crippen LogP contribution in [0.15, 0.2) is 46.9 Å². The number of anilines is 1. The van der Waals surface area contributed by atoms with Crippen LogP contribution in [0.25, 0.3) is 0 Å².